The molecule has 1 unspecified atom stereocenters. The van der Waals surface area contributed by atoms with Crippen LogP contribution in [0.4, 0.5) is 0 Å². The Bertz CT molecular complexity index is 1410. The lowest BCUT2D eigenvalue weighted by molar-refractivity contribution is -0.167. The molecule has 0 aliphatic carbocycles. The molecule has 79 heavy (non-hydrogen) atoms. The SMILES string of the molecule is CC/C=C\C/C=C\C/C=C\C/C=C\CCCCCCCCC(=O)OC(COC(=O)CCCCCCCCCCCCCCCCC)COC(=O)CCCCCCCCCCCCCCCCC/C=C\CCCCCCCCCC. The van der Waals surface area contributed by atoms with Crippen LogP contribution in [0.2, 0.25) is 0 Å². The van der Waals surface area contributed by atoms with Crippen LogP contribution >= 0.6 is 0 Å². The van der Waals surface area contributed by atoms with E-state index < -0.39 is 6.10 Å². The van der Waals surface area contributed by atoms with Gasteiger partial charge in [0.05, 0.1) is 0 Å². The summed E-state index contributed by atoms with van der Waals surface area (Å²) in [4.78, 5) is 38.4. The van der Waals surface area contributed by atoms with Gasteiger partial charge in [-0.3, -0.25) is 14.4 Å². The zero-order valence-electron chi connectivity index (χ0n) is 52.9. The molecular weight excluding hydrogens is 973 g/mol. The van der Waals surface area contributed by atoms with E-state index in [4.69, 9.17) is 14.2 Å². The fraction of sp³-hybridized carbons (Fsp3) is 0.822. The maximum Gasteiger partial charge on any atom is 0.306 e. The van der Waals surface area contributed by atoms with Crippen molar-refractivity contribution in [2.75, 3.05) is 13.2 Å². The Hall–Kier alpha value is -2.89. The fourth-order valence-electron chi connectivity index (χ4n) is 10.3. The number of carbonyl (C=O) groups is 3. The van der Waals surface area contributed by atoms with Crippen molar-refractivity contribution in [2.24, 2.45) is 0 Å². The molecule has 6 nitrogen and oxygen atoms in total. The summed E-state index contributed by atoms with van der Waals surface area (Å²) in [6.07, 6.45) is 86.7. The number of hydrogen-bond acceptors (Lipinski definition) is 6. The topological polar surface area (TPSA) is 78.9 Å². The Morgan fingerprint density at radius 3 is 0.785 bits per heavy atom. The molecule has 0 radical (unpaired) electrons. The van der Waals surface area contributed by atoms with E-state index in [9.17, 15) is 14.4 Å². The number of rotatable bonds is 64. The molecular formula is C73H132O6. The summed E-state index contributed by atoms with van der Waals surface area (Å²) in [6, 6.07) is 0. The standard InChI is InChI=1S/C73H132O6/c1-4-7-10-13-16-19-22-25-28-30-32-33-34-35-36-37-38-39-41-42-45-48-51-54-57-60-63-66-72(75)78-69-70(68-77-71(74)65-62-59-56-53-50-47-44-27-24-21-18-15-12-9-6-3)79-73(76)67-64-61-58-55-52-49-46-43-40-31-29-26-23-20-17-14-11-8-5-2/h8,11,17,20,26,29-30,32,40,43,70H,4-7,9-10,12-16,18-19,21-25,27-28,31,33-39,41-42,44-69H2,1-3H3/b11-8-,20-17-,29-26-,32-30-,43-40-. The van der Waals surface area contributed by atoms with Crippen LogP contribution in [0.25, 0.3) is 0 Å². The molecule has 0 saturated carbocycles. The van der Waals surface area contributed by atoms with Gasteiger partial charge in [0.1, 0.15) is 13.2 Å². The molecule has 460 valence electrons. The minimum absolute atomic E-state index is 0.0758. The van der Waals surface area contributed by atoms with Crippen LogP contribution in [-0.2, 0) is 28.6 Å². The molecule has 0 aromatic rings. The first-order chi connectivity index (χ1) is 39.0. The molecule has 1 atom stereocenters. The van der Waals surface area contributed by atoms with E-state index in [1.807, 2.05) is 0 Å². The highest BCUT2D eigenvalue weighted by Crippen LogP contribution is 2.18. The molecule has 0 rings (SSSR count). The molecule has 0 amide bonds. The van der Waals surface area contributed by atoms with Gasteiger partial charge in [-0.15, -0.1) is 0 Å². The fourth-order valence-corrected chi connectivity index (χ4v) is 10.3. The quantitative estimate of drug-likeness (QED) is 0.0261. The number of ether oxygens (including phenoxy) is 3. The summed E-state index contributed by atoms with van der Waals surface area (Å²) in [7, 11) is 0. The van der Waals surface area contributed by atoms with Crippen LogP contribution in [0.15, 0.2) is 60.8 Å². The van der Waals surface area contributed by atoms with Gasteiger partial charge in [-0.25, -0.2) is 0 Å². The highest BCUT2D eigenvalue weighted by molar-refractivity contribution is 5.71. The molecule has 0 spiro atoms. The second-order valence-corrected chi connectivity index (χ2v) is 23.4. The van der Waals surface area contributed by atoms with Crippen LogP contribution in [0.5, 0.6) is 0 Å². The summed E-state index contributed by atoms with van der Waals surface area (Å²) in [6.45, 7) is 6.58. The molecule has 0 saturated heterocycles. The second kappa shape index (κ2) is 67.6. The summed E-state index contributed by atoms with van der Waals surface area (Å²) >= 11 is 0. The van der Waals surface area contributed by atoms with Gasteiger partial charge in [-0.2, -0.15) is 0 Å². The number of carbonyl (C=O) groups excluding carboxylic acids is 3. The van der Waals surface area contributed by atoms with Gasteiger partial charge < -0.3 is 14.2 Å². The van der Waals surface area contributed by atoms with Gasteiger partial charge >= 0.3 is 17.9 Å². The highest BCUT2D eigenvalue weighted by atomic mass is 16.6. The van der Waals surface area contributed by atoms with E-state index in [2.05, 4.69) is 81.5 Å². The third-order valence-electron chi connectivity index (χ3n) is 15.5. The Labute approximate surface area is 491 Å². The van der Waals surface area contributed by atoms with E-state index >= 15 is 0 Å². The Morgan fingerprint density at radius 2 is 0.494 bits per heavy atom. The lowest BCUT2D eigenvalue weighted by Gasteiger charge is -2.18. The number of hydrogen-bond donors (Lipinski definition) is 0. The summed E-state index contributed by atoms with van der Waals surface area (Å²) in [5.74, 6) is -0.866. The summed E-state index contributed by atoms with van der Waals surface area (Å²) < 4.78 is 17.0. The third kappa shape index (κ3) is 65.8. The average Bonchev–Trinajstić information content (AvgIpc) is 3.45. The zero-order chi connectivity index (χ0) is 57.1. The minimum atomic E-state index is -0.781. The van der Waals surface area contributed by atoms with E-state index in [-0.39, 0.29) is 31.1 Å². The Morgan fingerprint density at radius 1 is 0.266 bits per heavy atom. The van der Waals surface area contributed by atoms with Gasteiger partial charge in [0, 0.05) is 19.3 Å². The first-order valence-corrected chi connectivity index (χ1v) is 34.8. The van der Waals surface area contributed by atoms with Crippen molar-refractivity contribution in [1.29, 1.82) is 0 Å². The summed E-state index contributed by atoms with van der Waals surface area (Å²) in [5, 5.41) is 0. The molecule has 0 aliphatic heterocycles. The van der Waals surface area contributed by atoms with Crippen molar-refractivity contribution in [1.82, 2.24) is 0 Å². The van der Waals surface area contributed by atoms with Crippen molar-refractivity contribution in [3.05, 3.63) is 60.8 Å². The van der Waals surface area contributed by atoms with E-state index in [1.54, 1.807) is 0 Å². The zero-order valence-corrected chi connectivity index (χ0v) is 52.9. The van der Waals surface area contributed by atoms with E-state index in [0.717, 1.165) is 96.3 Å². The molecule has 0 aliphatic rings. The molecule has 0 aromatic carbocycles. The van der Waals surface area contributed by atoms with Crippen LogP contribution in [-0.4, -0.2) is 37.2 Å². The average molecular weight is 1110 g/mol. The van der Waals surface area contributed by atoms with Gasteiger partial charge in [0.2, 0.25) is 0 Å². The number of unbranched alkanes of at least 4 members (excludes halogenated alkanes) is 43. The van der Waals surface area contributed by atoms with E-state index in [1.165, 1.54) is 231 Å². The minimum Gasteiger partial charge on any atom is -0.462 e. The van der Waals surface area contributed by atoms with Crippen molar-refractivity contribution in [3.8, 4) is 0 Å². The maximum atomic E-state index is 12.9. The van der Waals surface area contributed by atoms with E-state index in [0.29, 0.717) is 19.3 Å². The maximum absolute atomic E-state index is 12.9. The normalized spacial score (nSPS) is 12.4. The molecule has 6 heteroatoms. The first kappa shape index (κ1) is 76.1. The summed E-state index contributed by atoms with van der Waals surface area (Å²) in [5.41, 5.74) is 0. The van der Waals surface area contributed by atoms with Crippen LogP contribution in [0, 0.1) is 0 Å². The van der Waals surface area contributed by atoms with Gasteiger partial charge in [0.15, 0.2) is 6.10 Å². The van der Waals surface area contributed by atoms with Crippen molar-refractivity contribution >= 4 is 17.9 Å². The van der Waals surface area contributed by atoms with Crippen molar-refractivity contribution in [2.45, 2.75) is 374 Å². The second-order valence-electron chi connectivity index (χ2n) is 23.4. The molecule has 0 aromatic heterocycles. The predicted molar refractivity (Wildman–Crippen MR) is 344 cm³/mol. The smallest absolute Gasteiger partial charge is 0.306 e. The van der Waals surface area contributed by atoms with Crippen molar-refractivity contribution < 1.29 is 28.6 Å². The van der Waals surface area contributed by atoms with Gasteiger partial charge in [0.25, 0.3) is 0 Å². The van der Waals surface area contributed by atoms with Crippen molar-refractivity contribution in [3.63, 3.8) is 0 Å². The Balaban J connectivity index is 4.27. The monoisotopic (exact) mass is 1110 g/mol. The molecule has 0 heterocycles. The highest BCUT2D eigenvalue weighted by Gasteiger charge is 2.19. The van der Waals surface area contributed by atoms with Crippen LogP contribution in [0.1, 0.15) is 367 Å². The van der Waals surface area contributed by atoms with Gasteiger partial charge in [-0.1, -0.05) is 326 Å². The predicted octanol–water partition coefficient (Wildman–Crippen LogP) is 23.9. The molecule has 0 bridgehead atoms. The van der Waals surface area contributed by atoms with Crippen LogP contribution < -0.4 is 0 Å². The van der Waals surface area contributed by atoms with Gasteiger partial charge in [-0.05, 0) is 83.5 Å². The lowest BCUT2D eigenvalue weighted by Crippen LogP contribution is -2.30. The Kier molecular flexibility index (Phi) is 65.1. The number of esters is 3. The lowest BCUT2D eigenvalue weighted by atomic mass is 10.0. The molecule has 0 fully saturated rings. The van der Waals surface area contributed by atoms with Crippen LogP contribution in [0.3, 0.4) is 0 Å². The molecule has 0 N–H and O–H groups in total. The first-order valence-electron chi connectivity index (χ1n) is 34.8. The number of allylic oxidation sites excluding steroid dienone is 10. The third-order valence-corrected chi connectivity index (χ3v) is 15.5. The largest absolute Gasteiger partial charge is 0.462 e.